The maximum absolute atomic E-state index is 12.2. The van der Waals surface area contributed by atoms with Gasteiger partial charge < -0.3 is 10.1 Å². The Bertz CT molecular complexity index is 408. The normalized spacial score (nSPS) is 23.2. The zero-order valence-electron chi connectivity index (χ0n) is 12.0. The van der Waals surface area contributed by atoms with Crippen LogP contribution >= 0.6 is 0 Å². The van der Waals surface area contributed by atoms with Crippen LogP contribution in [0.15, 0.2) is 30.3 Å². The number of hydrogen-bond acceptors (Lipinski definition) is 2. The lowest BCUT2D eigenvalue weighted by atomic mass is 9.92. The van der Waals surface area contributed by atoms with Crippen molar-refractivity contribution in [3.63, 3.8) is 0 Å². The summed E-state index contributed by atoms with van der Waals surface area (Å²) in [5.41, 5.74) is 1.27. The molecule has 0 aromatic heterocycles. The van der Waals surface area contributed by atoms with Crippen LogP contribution in [0.25, 0.3) is 0 Å². The molecule has 1 aromatic rings. The van der Waals surface area contributed by atoms with Gasteiger partial charge >= 0.3 is 6.18 Å². The van der Waals surface area contributed by atoms with Gasteiger partial charge in [-0.2, -0.15) is 13.2 Å². The molecule has 2 unspecified atom stereocenters. The fraction of sp³-hybridized carbons (Fsp3) is 0.625. The molecule has 0 saturated heterocycles. The molecule has 2 rings (SSSR count). The van der Waals surface area contributed by atoms with Crippen molar-refractivity contribution in [1.29, 1.82) is 0 Å². The van der Waals surface area contributed by atoms with Gasteiger partial charge in [-0.25, -0.2) is 0 Å². The fourth-order valence-corrected chi connectivity index (χ4v) is 2.76. The first-order valence-electron chi connectivity index (χ1n) is 7.48. The van der Waals surface area contributed by atoms with E-state index < -0.39 is 12.8 Å². The topological polar surface area (TPSA) is 21.3 Å². The lowest BCUT2D eigenvalue weighted by Crippen LogP contribution is -2.39. The van der Waals surface area contributed by atoms with Crippen LogP contribution in [-0.4, -0.2) is 31.5 Å². The van der Waals surface area contributed by atoms with Crippen molar-refractivity contribution < 1.29 is 17.9 Å². The van der Waals surface area contributed by atoms with E-state index in [-0.39, 0.29) is 12.1 Å². The van der Waals surface area contributed by atoms with Crippen LogP contribution in [0.5, 0.6) is 0 Å². The Labute approximate surface area is 123 Å². The number of halogens is 3. The average molecular weight is 301 g/mol. The summed E-state index contributed by atoms with van der Waals surface area (Å²) < 4.78 is 41.4. The van der Waals surface area contributed by atoms with E-state index in [1.54, 1.807) is 0 Å². The van der Waals surface area contributed by atoms with Crippen LogP contribution in [0.3, 0.4) is 0 Å². The first-order valence-corrected chi connectivity index (χ1v) is 7.48. The van der Waals surface area contributed by atoms with Gasteiger partial charge in [-0.15, -0.1) is 0 Å². The minimum atomic E-state index is -4.23. The number of alkyl halides is 3. The highest BCUT2D eigenvalue weighted by atomic mass is 19.4. The monoisotopic (exact) mass is 301 g/mol. The summed E-state index contributed by atoms with van der Waals surface area (Å²) in [7, 11) is 0. The molecule has 1 aromatic carbocycles. The van der Waals surface area contributed by atoms with Gasteiger partial charge in [0.15, 0.2) is 0 Å². The van der Waals surface area contributed by atoms with Gasteiger partial charge in [0, 0.05) is 6.04 Å². The number of hydrogen-bond donors (Lipinski definition) is 1. The molecule has 0 aliphatic heterocycles. The minimum absolute atomic E-state index is 0.265. The van der Waals surface area contributed by atoms with Gasteiger partial charge in [-0.1, -0.05) is 30.3 Å². The van der Waals surface area contributed by atoms with E-state index in [4.69, 9.17) is 4.74 Å². The van der Waals surface area contributed by atoms with Crippen LogP contribution in [0.4, 0.5) is 13.2 Å². The summed E-state index contributed by atoms with van der Waals surface area (Å²) in [4.78, 5) is 0. The van der Waals surface area contributed by atoms with Crippen molar-refractivity contribution in [1.82, 2.24) is 5.32 Å². The Morgan fingerprint density at radius 2 is 1.90 bits per heavy atom. The molecular weight excluding hydrogens is 279 g/mol. The van der Waals surface area contributed by atoms with E-state index in [1.165, 1.54) is 5.56 Å². The number of rotatable bonds is 6. The molecule has 0 heterocycles. The Morgan fingerprint density at radius 1 is 1.14 bits per heavy atom. The molecule has 2 atom stereocenters. The highest BCUT2D eigenvalue weighted by molar-refractivity contribution is 5.14. The summed E-state index contributed by atoms with van der Waals surface area (Å²) in [5.74, 6) is 0. The highest BCUT2D eigenvalue weighted by Crippen LogP contribution is 2.24. The zero-order valence-corrected chi connectivity index (χ0v) is 12.0. The second-order valence-electron chi connectivity index (χ2n) is 5.60. The third-order valence-electron chi connectivity index (χ3n) is 3.80. The summed E-state index contributed by atoms with van der Waals surface area (Å²) in [6, 6.07) is 10.4. The second kappa shape index (κ2) is 7.80. The van der Waals surface area contributed by atoms with Crippen molar-refractivity contribution in [2.24, 2.45) is 0 Å². The molecule has 5 heteroatoms. The third kappa shape index (κ3) is 6.48. The maximum atomic E-state index is 12.2. The summed E-state index contributed by atoms with van der Waals surface area (Å²) in [6.07, 6.45) is -0.224. The molecule has 1 saturated carbocycles. The Hall–Kier alpha value is -1.07. The van der Waals surface area contributed by atoms with Gasteiger partial charge in [0.2, 0.25) is 0 Å². The van der Waals surface area contributed by atoms with E-state index in [9.17, 15) is 13.2 Å². The van der Waals surface area contributed by atoms with E-state index >= 15 is 0 Å². The van der Waals surface area contributed by atoms with Gasteiger partial charge in [0.25, 0.3) is 0 Å². The molecule has 118 valence electrons. The molecule has 1 aliphatic rings. The quantitative estimate of drug-likeness (QED) is 0.865. The highest BCUT2D eigenvalue weighted by Gasteiger charge is 2.31. The summed E-state index contributed by atoms with van der Waals surface area (Å²) in [5, 5.41) is 3.44. The second-order valence-corrected chi connectivity index (χ2v) is 5.60. The van der Waals surface area contributed by atoms with Crippen LogP contribution in [-0.2, 0) is 11.2 Å². The lowest BCUT2D eigenvalue weighted by Gasteiger charge is -2.30. The largest absolute Gasteiger partial charge is 0.411 e. The molecule has 0 spiro atoms. The molecule has 21 heavy (non-hydrogen) atoms. The zero-order chi connectivity index (χ0) is 15.1. The van der Waals surface area contributed by atoms with E-state index in [0.29, 0.717) is 6.42 Å². The molecule has 0 amide bonds. The first-order chi connectivity index (χ1) is 10.0. The molecule has 0 radical (unpaired) electrons. The molecular formula is C16H22F3NO. The molecule has 1 N–H and O–H groups in total. The number of ether oxygens (including phenoxy) is 1. The van der Waals surface area contributed by atoms with Gasteiger partial charge in [0.05, 0.1) is 6.10 Å². The van der Waals surface area contributed by atoms with Gasteiger partial charge in [-0.05, 0) is 44.2 Å². The first kappa shape index (κ1) is 16.3. The van der Waals surface area contributed by atoms with Crippen molar-refractivity contribution in [2.75, 3.05) is 13.2 Å². The van der Waals surface area contributed by atoms with Crippen LogP contribution < -0.4 is 5.32 Å². The third-order valence-corrected chi connectivity index (χ3v) is 3.80. The van der Waals surface area contributed by atoms with Crippen LogP contribution in [0.1, 0.15) is 31.2 Å². The van der Waals surface area contributed by atoms with Crippen molar-refractivity contribution in [2.45, 2.75) is 50.4 Å². The van der Waals surface area contributed by atoms with Crippen molar-refractivity contribution in [3.8, 4) is 0 Å². The Morgan fingerprint density at radius 3 is 2.62 bits per heavy atom. The lowest BCUT2D eigenvalue weighted by molar-refractivity contribution is -0.188. The molecule has 0 bridgehead atoms. The van der Waals surface area contributed by atoms with Crippen molar-refractivity contribution in [3.05, 3.63) is 35.9 Å². The Kier molecular flexibility index (Phi) is 6.06. The standard InChI is InChI=1S/C16H22F3NO/c17-16(18,19)12-21-15-8-4-7-14(11-15)20-10-9-13-5-2-1-3-6-13/h1-3,5-6,14-15,20H,4,7-12H2. The number of benzene rings is 1. The Balaban J connectivity index is 1.67. The smallest absolute Gasteiger partial charge is 0.369 e. The SMILES string of the molecule is FC(F)(F)COC1CCCC(NCCc2ccccc2)C1. The minimum Gasteiger partial charge on any atom is -0.369 e. The summed E-state index contributed by atoms with van der Waals surface area (Å²) in [6.45, 7) is -0.283. The van der Waals surface area contributed by atoms with Gasteiger partial charge in [-0.3, -0.25) is 0 Å². The molecule has 1 fully saturated rings. The van der Waals surface area contributed by atoms with E-state index in [1.807, 2.05) is 18.2 Å². The van der Waals surface area contributed by atoms with Crippen LogP contribution in [0, 0.1) is 0 Å². The average Bonchev–Trinajstić information content (AvgIpc) is 2.46. The predicted octanol–water partition coefficient (Wildman–Crippen LogP) is 3.71. The maximum Gasteiger partial charge on any atom is 0.411 e. The molecule has 1 aliphatic carbocycles. The fourth-order valence-electron chi connectivity index (χ4n) is 2.76. The molecule has 2 nitrogen and oxygen atoms in total. The van der Waals surface area contributed by atoms with Gasteiger partial charge in [0.1, 0.15) is 6.61 Å². The van der Waals surface area contributed by atoms with E-state index in [2.05, 4.69) is 17.4 Å². The van der Waals surface area contributed by atoms with Crippen LogP contribution in [0.2, 0.25) is 0 Å². The van der Waals surface area contributed by atoms with E-state index in [0.717, 1.165) is 32.2 Å². The number of nitrogens with one attached hydrogen (secondary N) is 1. The summed E-state index contributed by atoms with van der Waals surface area (Å²) >= 11 is 0. The van der Waals surface area contributed by atoms with Crippen molar-refractivity contribution >= 4 is 0 Å². The predicted molar refractivity (Wildman–Crippen MR) is 76.2 cm³/mol.